The number of carbonyl (C=O) groups is 1. The van der Waals surface area contributed by atoms with E-state index in [1.165, 1.54) is 0 Å². The Hall–Kier alpha value is -3.15. The number of nitrogens with one attached hydrogen (secondary N) is 1. The van der Waals surface area contributed by atoms with Gasteiger partial charge in [-0.1, -0.05) is 18.2 Å². The van der Waals surface area contributed by atoms with Gasteiger partial charge >= 0.3 is 0 Å². The summed E-state index contributed by atoms with van der Waals surface area (Å²) in [6, 6.07) is 14.0. The average Bonchev–Trinajstić information content (AvgIpc) is 2.77. The molecule has 1 saturated heterocycles. The highest BCUT2D eigenvalue weighted by Gasteiger charge is 2.26. The molecule has 1 atom stereocenters. The normalized spacial score (nSPS) is 16.8. The van der Waals surface area contributed by atoms with E-state index in [1.807, 2.05) is 24.3 Å². The van der Waals surface area contributed by atoms with Gasteiger partial charge in [0, 0.05) is 32.0 Å². The largest absolute Gasteiger partial charge is 0.497 e. The van der Waals surface area contributed by atoms with E-state index in [-0.39, 0.29) is 11.8 Å². The SMILES string of the molecule is COc1ccc2cc(CNC(=O)C3CCCN(c4ncccn4)C3)ccc2c1. The maximum Gasteiger partial charge on any atom is 0.225 e. The first kappa shape index (κ1) is 18.2. The Kier molecular flexibility index (Phi) is 5.37. The molecule has 1 aromatic heterocycles. The number of aromatic nitrogens is 2. The summed E-state index contributed by atoms with van der Waals surface area (Å²) >= 11 is 0. The van der Waals surface area contributed by atoms with Crippen LogP contribution in [0.1, 0.15) is 18.4 Å². The molecule has 2 aromatic carbocycles. The van der Waals surface area contributed by atoms with E-state index in [0.29, 0.717) is 19.0 Å². The molecule has 0 bridgehead atoms. The van der Waals surface area contributed by atoms with Crippen molar-refractivity contribution in [1.29, 1.82) is 0 Å². The Morgan fingerprint density at radius 3 is 2.79 bits per heavy atom. The van der Waals surface area contributed by atoms with E-state index in [1.54, 1.807) is 25.6 Å². The number of nitrogens with zero attached hydrogens (tertiary/aromatic N) is 3. The summed E-state index contributed by atoms with van der Waals surface area (Å²) in [6.07, 6.45) is 5.34. The van der Waals surface area contributed by atoms with E-state index in [9.17, 15) is 4.79 Å². The van der Waals surface area contributed by atoms with Crippen LogP contribution >= 0.6 is 0 Å². The van der Waals surface area contributed by atoms with Gasteiger partial charge in [0.05, 0.1) is 13.0 Å². The van der Waals surface area contributed by atoms with Gasteiger partial charge in [-0.2, -0.15) is 0 Å². The molecule has 1 unspecified atom stereocenters. The van der Waals surface area contributed by atoms with Crippen LogP contribution in [0.2, 0.25) is 0 Å². The van der Waals surface area contributed by atoms with Gasteiger partial charge in [-0.25, -0.2) is 9.97 Å². The second-order valence-corrected chi connectivity index (χ2v) is 7.10. The average molecular weight is 376 g/mol. The van der Waals surface area contributed by atoms with Gasteiger partial charge in [0.2, 0.25) is 11.9 Å². The summed E-state index contributed by atoms with van der Waals surface area (Å²) in [5, 5.41) is 5.36. The molecular formula is C22H24N4O2. The van der Waals surface area contributed by atoms with Crippen LogP contribution in [0.4, 0.5) is 5.95 Å². The third-order valence-corrected chi connectivity index (χ3v) is 5.21. The van der Waals surface area contributed by atoms with Crippen LogP contribution in [0.3, 0.4) is 0 Å². The van der Waals surface area contributed by atoms with Crippen LogP contribution in [0.15, 0.2) is 54.9 Å². The summed E-state index contributed by atoms with van der Waals surface area (Å²) in [5.41, 5.74) is 1.09. The zero-order valence-electron chi connectivity index (χ0n) is 16.0. The zero-order valence-corrected chi connectivity index (χ0v) is 16.0. The maximum atomic E-state index is 12.7. The van der Waals surface area contributed by atoms with Crippen molar-refractivity contribution in [3.8, 4) is 5.75 Å². The van der Waals surface area contributed by atoms with Gasteiger partial charge in [-0.05, 0) is 53.4 Å². The Labute approximate surface area is 164 Å². The minimum absolute atomic E-state index is 0.0396. The Bertz CT molecular complexity index is 961. The predicted molar refractivity (Wildman–Crippen MR) is 109 cm³/mol. The molecule has 1 aliphatic rings. The fourth-order valence-corrected chi connectivity index (χ4v) is 3.67. The molecule has 2 heterocycles. The highest BCUT2D eigenvalue weighted by atomic mass is 16.5. The quantitative estimate of drug-likeness (QED) is 0.741. The van der Waals surface area contributed by atoms with Gasteiger partial charge in [0.1, 0.15) is 5.75 Å². The Morgan fingerprint density at radius 1 is 1.18 bits per heavy atom. The van der Waals surface area contributed by atoms with E-state index in [2.05, 4.69) is 32.3 Å². The minimum atomic E-state index is -0.0396. The number of hydrogen-bond donors (Lipinski definition) is 1. The number of anilines is 1. The van der Waals surface area contributed by atoms with Crippen molar-refractivity contribution < 1.29 is 9.53 Å². The first-order valence-electron chi connectivity index (χ1n) is 9.59. The topological polar surface area (TPSA) is 67.3 Å². The Morgan fingerprint density at radius 2 is 1.96 bits per heavy atom. The van der Waals surface area contributed by atoms with Crippen LogP contribution in [0.5, 0.6) is 5.75 Å². The molecule has 3 aromatic rings. The van der Waals surface area contributed by atoms with Gasteiger partial charge < -0.3 is 15.0 Å². The van der Waals surface area contributed by atoms with Crippen molar-refractivity contribution >= 4 is 22.6 Å². The molecule has 0 aliphatic carbocycles. The summed E-state index contributed by atoms with van der Waals surface area (Å²) in [7, 11) is 1.67. The number of amides is 1. The number of fused-ring (bicyclic) bond motifs is 1. The predicted octanol–water partition coefficient (Wildman–Crippen LogP) is 3.17. The number of piperidine rings is 1. The molecule has 6 nitrogen and oxygen atoms in total. The lowest BCUT2D eigenvalue weighted by Crippen LogP contribution is -2.43. The molecule has 28 heavy (non-hydrogen) atoms. The van der Waals surface area contributed by atoms with Crippen molar-refractivity contribution in [2.75, 3.05) is 25.1 Å². The van der Waals surface area contributed by atoms with Gasteiger partial charge in [0.25, 0.3) is 0 Å². The van der Waals surface area contributed by atoms with Crippen LogP contribution in [-0.4, -0.2) is 36.1 Å². The molecule has 1 N–H and O–H groups in total. The molecule has 0 saturated carbocycles. The number of ether oxygens (including phenoxy) is 1. The smallest absolute Gasteiger partial charge is 0.225 e. The van der Waals surface area contributed by atoms with Crippen molar-refractivity contribution in [2.45, 2.75) is 19.4 Å². The first-order valence-corrected chi connectivity index (χ1v) is 9.59. The number of carbonyl (C=O) groups excluding carboxylic acids is 1. The molecule has 144 valence electrons. The second-order valence-electron chi connectivity index (χ2n) is 7.10. The lowest BCUT2D eigenvalue weighted by Gasteiger charge is -2.31. The third kappa shape index (κ3) is 4.06. The summed E-state index contributed by atoms with van der Waals surface area (Å²) in [4.78, 5) is 23.4. The van der Waals surface area contributed by atoms with Crippen LogP contribution < -0.4 is 15.0 Å². The van der Waals surface area contributed by atoms with E-state index in [4.69, 9.17) is 4.74 Å². The second kappa shape index (κ2) is 8.25. The zero-order chi connectivity index (χ0) is 19.3. The summed E-state index contributed by atoms with van der Waals surface area (Å²) in [5.74, 6) is 1.60. The Balaban J connectivity index is 1.38. The van der Waals surface area contributed by atoms with Gasteiger partial charge in [-0.15, -0.1) is 0 Å². The molecular weight excluding hydrogens is 352 g/mol. The lowest BCUT2D eigenvalue weighted by atomic mass is 9.97. The molecule has 1 aliphatic heterocycles. The number of benzene rings is 2. The molecule has 0 spiro atoms. The molecule has 4 rings (SSSR count). The number of methoxy groups -OCH3 is 1. The summed E-state index contributed by atoms with van der Waals surface area (Å²) in [6.45, 7) is 2.08. The molecule has 0 radical (unpaired) electrons. The number of hydrogen-bond acceptors (Lipinski definition) is 5. The standard InChI is InChI=1S/C22H24N4O2/c1-28-20-8-7-17-12-16(5-6-18(17)13-20)14-25-21(27)19-4-2-11-26(15-19)22-23-9-3-10-24-22/h3,5-10,12-13,19H,2,4,11,14-15H2,1H3,(H,25,27). The first-order chi connectivity index (χ1) is 13.7. The van der Waals surface area contributed by atoms with E-state index >= 15 is 0 Å². The van der Waals surface area contributed by atoms with Gasteiger partial charge in [-0.3, -0.25) is 4.79 Å². The molecule has 1 fully saturated rings. The molecule has 1 amide bonds. The minimum Gasteiger partial charge on any atom is -0.497 e. The monoisotopic (exact) mass is 376 g/mol. The third-order valence-electron chi connectivity index (χ3n) is 5.21. The fourth-order valence-electron chi connectivity index (χ4n) is 3.67. The van der Waals surface area contributed by atoms with Crippen LogP contribution in [0.25, 0.3) is 10.8 Å². The van der Waals surface area contributed by atoms with Crippen molar-refractivity contribution in [3.05, 3.63) is 60.4 Å². The van der Waals surface area contributed by atoms with Gasteiger partial charge in [0.15, 0.2) is 0 Å². The fraction of sp³-hybridized carbons (Fsp3) is 0.318. The van der Waals surface area contributed by atoms with Crippen LogP contribution in [-0.2, 0) is 11.3 Å². The van der Waals surface area contributed by atoms with Crippen molar-refractivity contribution in [2.24, 2.45) is 5.92 Å². The van der Waals surface area contributed by atoms with Crippen molar-refractivity contribution in [1.82, 2.24) is 15.3 Å². The van der Waals surface area contributed by atoms with Crippen LogP contribution in [0, 0.1) is 5.92 Å². The summed E-state index contributed by atoms with van der Waals surface area (Å²) < 4.78 is 5.27. The number of rotatable bonds is 5. The van der Waals surface area contributed by atoms with E-state index in [0.717, 1.165) is 41.5 Å². The highest BCUT2D eigenvalue weighted by Crippen LogP contribution is 2.23. The molecule has 6 heteroatoms. The lowest BCUT2D eigenvalue weighted by molar-refractivity contribution is -0.125. The van der Waals surface area contributed by atoms with E-state index < -0.39 is 0 Å². The van der Waals surface area contributed by atoms with Crippen molar-refractivity contribution in [3.63, 3.8) is 0 Å². The highest BCUT2D eigenvalue weighted by molar-refractivity contribution is 5.85. The maximum absolute atomic E-state index is 12.7.